The third kappa shape index (κ3) is 2.93. The van der Waals surface area contributed by atoms with Crippen LogP contribution in [0.1, 0.15) is 13.8 Å². The number of hydrogen-bond donors (Lipinski definition) is 1. The van der Waals surface area contributed by atoms with E-state index in [0.29, 0.717) is 10.8 Å². The number of pyridine rings is 1. The Labute approximate surface area is 111 Å². The Morgan fingerprint density at radius 1 is 1.17 bits per heavy atom. The molecule has 0 aliphatic rings. The highest BCUT2D eigenvalue weighted by molar-refractivity contribution is 6.32. The molecule has 1 aromatic carbocycles. The summed E-state index contributed by atoms with van der Waals surface area (Å²) in [5.41, 5.74) is 1.72. The Hall–Kier alpha value is -1.74. The van der Waals surface area contributed by atoms with Gasteiger partial charge in [-0.3, -0.25) is 4.98 Å². The van der Waals surface area contributed by atoms with E-state index >= 15 is 0 Å². The predicted molar refractivity (Wildman–Crippen MR) is 72.1 cm³/mol. The molecule has 1 N–H and O–H groups in total. The van der Waals surface area contributed by atoms with Crippen LogP contribution in [0, 0.1) is 0 Å². The van der Waals surface area contributed by atoms with Crippen LogP contribution in [0.4, 0.5) is 0 Å². The van der Waals surface area contributed by atoms with Crippen LogP contribution in [0.2, 0.25) is 5.02 Å². The van der Waals surface area contributed by atoms with E-state index in [0.717, 1.165) is 11.1 Å². The van der Waals surface area contributed by atoms with Gasteiger partial charge < -0.3 is 9.84 Å². The molecule has 0 spiro atoms. The molecular formula is C14H14ClNO2. The van der Waals surface area contributed by atoms with Gasteiger partial charge in [-0.05, 0) is 37.6 Å². The fourth-order valence-corrected chi connectivity index (χ4v) is 1.72. The number of nitrogens with zero attached hydrogens (tertiary/aromatic N) is 1. The molecule has 0 saturated heterocycles. The maximum absolute atomic E-state index is 9.59. The highest BCUT2D eigenvalue weighted by atomic mass is 35.5. The molecule has 3 nitrogen and oxygen atoms in total. The standard InChI is InChI=1S/C14H14ClNO2/c1-9(2)18-12-5-11(7-16-8-12)10-3-4-13(15)14(17)6-10/h3-9,17H,1-2H3. The molecule has 0 fully saturated rings. The molecule has 0 saturated carbocycles. The second kappa shape index (κ2) is 5.27. The average molecular weight is 264 g/mol. The van der Waals surface area contributed by atoms with Gasteiger partial charge in [0.2, 0.25) is 0 Å². The fraction of sp³-hybridized carbons (Fsp3) is 0.214. The molecule has 0 atom stereocenters. The van der Waals surface area contributed by atoms with E-state index in [9.17, 15) is 5.11 Å². The number of hydrogen-bond acceptors (Lipinski definition) is 3. The van der Waals surface area contributed by atoms with Crippen molar-refractivity contribution in [3.8, 4) is 22.6 Å². The molecule has 1 heterocycles. The maximum atomic E-state index is 9.59. The first-order chi connectivity index (χ1) is 8.56. The van der Waals surface area contributed by atoms with Crippen molar-refractivity contribution in [3.05, 3.63) is 41.7 Å². The maximum Gasteiger partial charge on any atom is 0.138 e. The molecule has 0 bridgehead atoms. The van der Waals surface area contributed by atoms with Crippen LogP contribution >= 0.6 is 11.6 Å². The Morgan fingerprint density at radius 3 is 2.61 bits per heavy atom. The summed E-state index contributed by atoms with van der Waals surface area (Å²) in [5, 5.41) is 9.93. The van der Waals surface area contributed by atoms with Crippen molar-refractivity contribution in [2.75, 3.05) is 0 Å². The summed E-state index contributed by atoms with van der Waals surface area (Å²) in [4.78, 5) is 4.13. The summed E-state index contributed by atoms with van der Waals surface area (Å²) in [6, 6.07) is 6.98. The Morgan fingerprint density at radius 2 is 1.94 bits per heavy atom. The normalized spacial score (nSPS) is 10.7. The molecule has 18 heavy (non-hydrogen) atoms. The van der Waals surface area contributed by atoms with Crippen LogP contribution in [0.25, 0.3) is 11.1 Å². The van der Waals surface area contributed by atoms with Crippen molar-refractivity contribution in [2.45, 2.75) is 20.0 Å². The second-order valence-electron chi connectivity index (χ2n) is 4.24. The lowest BCUT2D eigenvalue weighted by Gasteiger charge is -2.10. The number of halogens is 1. The van der Waals surface area contributed by atoms with Gasteiger partial charge in [-0.1, -0.05) is 17.7 Å². The van der Waals surface area contributed by atoms with Gasteiger partial charge in [-0.25, -0.2) is 0 Å². The number of phenolic OH excluding ortho intramolecular Hbond substituents is 1. The van der Waals surface area contributed by atoms with Gasteiger partial charge in [0, 0.05) is 11.8 Å². The molecular weight excluding hydrogens is 250 g/mol. The molecule has 1 aromatic heterocycles. The van der Waals surface area contributed by atoms with Crippen LogP contribution in [0.3, 0.4) is 0 Å². The second-order valence-corrected chi connectivity index (χ2v) is 4.65. The number of aromatic hydroxyl groups is 1. The first-order valence-corrected chi connectivity index (χ1v) is 6.04. The molecule has 0 aliphatic heterocycles. The fourth-order valence-electron chi connectivity index (χ4n) is 1.61. The zero-order valence-corrected chi connectivity index (χ0v) is 11.0. The number of aromatic nitrogens is 1. The predicted octanol–water partition coefficient (Wildman–Crippen LogP) is 3.89. The average Bonchev–Trinajstić information content (AvgIpc) is 2.32. The Balaban J connectivity index is 2.35. The molecule has 0 unspecified atom stereocenters. The molecule has 4 heteroatoms. The minimum absolute atomic E-state index is 0.0596. The van der Waals surface area contributed by atoms with Crippen molar-refractivity contribution in [2.24, 2.45) is 0 Å². The molecule has 2 rings (SSSR count). The number of phenols is 1. The first kappa shape index (κ1) is 12.7. The lowest BCUT2D eigenvalue weighted by Crippen LogP contribution is -2.05. The number of benzene rings is 1. The number of ether oxygens (including phenoxy) is 1. The van der Waals surface area contributed by atoms with E-state index in [1.54, 1.807) is 24.5 Å². The van der Waals surface area contributed by atoms with Crippen molar-refractivity contribution in [1.29, 1.82) is 0 Å². The van der Waals surface area contributed by atoms with E-state index in [1.165, 1.54) is 0 Å². The summed E-state index contributed by atoms with van der Waals surface area (Å²) in [7, 11) is 0. The summed E-state index contributed by atoms with van der Waals surface area (Å²) in [5.74, 6) is 0.765. The van der Waals surface area contributed by atoms with Crippen LogP contribution in [-0.4, -0.2) is 16.2 Å². The molecule has 0 radical (unpaired) electrons. The lowest BCUT2D eigenvalue weighted by molar-refractivity contribution is 0.241. The molecule has 0 amide bonds. The zero-order valence-electron chi connectivity index (χ0n) is 10.2. The van der Waals surface area contributed by atoms with Gasteiger partial charge in [-0.2, -0.15) is 0 Å². The van der Waals surface area contributed by atoms with Crippen LogP contribution < -0.4 is 4.74 Å². The van der Waals surface area contributed by atoms with Crippen LogP contribution in [0.15, 0.2) is 36.7 Å². The van der Waals surface area contributed by atoms with Gasteiger partial charge in [0.25, 0.3) is 0 Å². The quantitative estimate of drug-likeness (QED) is 0.913. The molecule has 2 aromatic rings. The third-order valence-corrected chi connectivity index (χ3v) is 2.68. The van der Waals surface area contributed by atoms with Gasteiger partial charge in [0.15, 0.2) is 0 Å². The Kier molecular flexibility index (Phi) is 3.72. The van der Waals surface area contributed by atoms with E-state index in [1.807, 2.05) is 26.0 Å². The minimum atomic E-state index is 0.0596. The van der Waals surface area contributed by atoms with Gasteiger partial charge in [-0.15, -0.1) is 0 Å². The van der Waals surface area contributed by atoms with Crippen LogP contribution in [0.5, 0.6) is 11.5 Å². The summed E-state index contributed by atoms with van der Waals surface area (Å²) >= 11 is 5.78. The van der Waals surface area contributed by atoms with Crippen molar-refractivity contribution in [1.82, 2.24) is 4.98 Å². The van der Waals surface area contributed by atoms with Crippen LogP contribution in [-0.2, 0) is 0 Å². The largest absolute Gasteiger partial charge is 0.506 e. The smallest absolute Gasteiger partial charge is 0.138 e. The topological polar surface area (TPSA) is 42.4 Å². The van der Waals surface area contributed by atoms with Crippen molar-refractivity contribution >= 4 is 11.6 Å². The number of rotatable bonds is 3. The summed E-state index contributed by atoms with van der Waals surface area (Å²) < 4.78 is 5.58. The monoisotopic (exact) mass is 263 g/mol. The van der Waals surface area contributed by atoms with E-state index in [2.05, 4.69) is 4.98 Å². The Bertz CT molecular complexity index is 555. The van der Waals surface area contributed by atoms with E-state index in [-0.39, 0.29) is 11.9 Å². The SMILES string of the molecule is CC(C)Oc1cncc(-c2ccc(Cl)c(O)c2)c1. The molecule has 94 valence electrons. The van der Waals surface area contributed by atoms with E-state index in [4.69, 9.17) is 16.3 Å². The summed E-state index contributed by atoms with van der Waals surface area (Å²) in [6.45, 7) is 3.92. The lowest BCUT2D eigenvalue weighted by atomic mass is 10.1. The van der Waals surface area contributed by atoms with Gasteiger partial charge in [0.1, 0.15) is 11.5 Å². The first-order valence-electron chi connectivity index (χ1n) is 5.67. The molecule has 0 aliphatic carbocycles. The zero-order chi connectivity index (χ0) is 13.1. The van der Waals surface area contributed by atoms with Crippen molar-refractivity contribution < 1.29 is 9.84 Å². The van der Waals surface area contributed by atoms with Gasteiger partial charge >= 0.3 is 0 Å². The highest BCUT2D eigenvalue weighted by Crippen LogP contribution is 2.30. The minimum Gasteiger partial charge on any atom is -0.506 e. The van der Waals surface area contributed by atoms with Gasteiger partial charge in [0.05, 0.1) is 17.3 Å². The highest BCUT2D eigenvalue weighted by Gasteiger charge is 2.05. The third-order valence-electron chi connectivity index (χ3n) is 2.36. The van der Waals surface area contributed by atoms with E-state index < -0.39 is 0 Å². The van der Waals surface area contributed by atoms with Crippen molar-refractivity contribution in [3.63, 3.8) is 0 Å². The summed E-state index contributed by atoms with van der Waals surface area (Å²) in [6.07, 6.45) is 3.48.